The molecule has 68 heavy (non-hydrogen) atoms. The van der Waals surface area contributed by atoms with Crippen LogP contribution in [-0.4, -0.2) is 4.57 Å². The van der Waals surface area contributed by atoms with Crippen molar-refractivity contribution < 1.29 is 0 Å². The number of anilines is 9. The fraction of sp³-hybridized carbons (Fsp3) is 0. The minimum atomic E-state index is 1.03. The average molecular weight is 871 g/mol. The zero-order chi connectivity index (χ0) is 45.2. The van der Waals surface area contributed by atoms with Crippen LogP contribution < -0.4 is 14.7 Å². The third-order valence-corrected chi connectivity index (χ3v) is 12.9. The molecule has 0 amide bonds. The highest BCUT2D eigenvalue weighted by Gasteiger charge is 2.23. The molecule has 1 aromatic heterocycles. The summed E-state index contributed by atoms with van der Waals surface area (Å²) in [7, 11) is 0. The van der Waals surface area contributed by atoms with Gasteiger partial charge in [-0.3, -0.25) is 0 Å². The van der Waals surface area contributed by atoms with Crippen molar-refractivity contribution in [2.24, 2.45) is 0 Å². The molecular formula is C64H46N4. The van der Waals surface area contributed by atoms with Crippen molar-refractivity contribution >= 4 is 83.8 Å². The summed E-state index contributed by atoms with van der Waals surface area (Å²) in [6.07, 6.45) is 0. The number of fused-ring (bicyclic) bond motifs is 4. The number of nitrogens with zero attached hydrogens (tertiary/aromatic N) is 4. The lowest BCUT2D eigenvalue weighted by atomic mass is 9.97. The minimum absolute atomic E-state index is 1.03. The van der Waals surface area contributed by atoms with E-state index in [0.717, 1.165) is 67.9 Å². The second-order valence-electron chi connectivity index (χ2n) is 17.0. The lowest BCUT2D eigenvalue weighted by molar-refractivity contribution is 1.18. The maximum absolute atomic E-state index is 2.43. The van der Waals surface area contributed by atoms with E-state index in [0.29, 0.717) is 0 Å². The van der Waals surface area contributed by atoms with Gasteiger partial charge in [-0.2, -0.15) is 0 Å². The van der Waals surface area contributed by atoms with Crippen molar-refractivity contribution in [3.63, 3.8) is 0 Å². The first-order valence-corrected chi connectivity index (χ1v) is 23.2. The summed E-state index contributed by atoms with van der Waals surface area (Å²) in [4.78, 5) is 7.07. The fourth-order valence-electron chi connectivity index (χ4n) is 9.84. The zero-order valence-electron chi connectivity index (χ0n) is 37.3. The molecule has 12 rings (SSSR count). The van der Waals surface area contributed by atoms with Gasteiger partial charge in [-0.1, -0.05) is 158 Å². The fourth-order valence-corrected chi connectivity index (χ4v) is 9.84. The topological polar surface area (TPSA) is 14.7 Å². The molecule has 11 aromatic carbocycles. The number of hydrogen-bond donors (Lipinski definition) is 0. The standard InChI is InChI=1S/C64H46N4/c1-6-23-50(24-7-1)65(51-25-8-2-9-26-51)55-33-18-35-57(44-55)67(58-36-19-34-56(45-58)66(52-27-10-3-11-28-52)53-29-12-4-13-30-53)59-41-42-61-63(46-59)68(54-31-14-5-15-32-54)62-38-20-37-60(64(61)62)49-40-39-47-21-16-17-22-48(47)43-49/h1-46H. The van der Waals surface area contributed by atoms with Gasteiger partial charge in [0.2, 0.25) is 0 Å². The van der Waals surface area contributed by atoms with Crippen LogP contribution >= 0.6 is 0 Å². The second kappa shape index (κ2) is 17.7. The lowest BCUT2D eigenvalue weighted by Crippen LogP contribution is -2.14. The smallest absolute Gasteiger partial charge is 0.0562 e. The Kier molecular flexibility index (Phi) is 10.5. The van der Waals surface area contributed by atoms with Gasteiger partial charge in [-0.05, 0) is 143 Å². The first kappa shape index (κ1) is 40.4. The van der Waals surface area contributed by atoms with Gasteiger partial charge >= 0.3 is 0 Å². The molecule has 0 aliphatic carbocycles. The third-order valence-electron chi connectivity index (χ3n) is 12.9. The van der Waals surface area contributed by atoms with E-state index >= 15 is 0 Å². The van der Waals surface area contributed by atoms with Crippen LogP contribution in [0, 0.1) is 0 Å². The molecule has 4 heteroatoms. The average Bonchev–Trinajstić information content (AvgIpc) is 3.74. The molecule has 0 fully saturated rings. The molecule has 0 unspecified atom stereocenters. The predicted molar refractivity (Wildman–Crippen MR) is 288 cm³/mol. The molecule has 1 heterocycles. The van der Waals surface area contributed by atoms with E-state index in [9.17, 15) is 0 Å². The Labute approximate surface area is 397 Å². The Bertz CT molecular complexity index is 3480. The Morgan fingerprint density at radius 1 is 0.250 bits per heavy atom. The largest absolute Gasteiger partial charge is 0.310 e. The van der Waals surface area contributed by atoms with Gasteiger partial charge in [-0.25, -0.2) is 0 Å². The molecule has 0 aliphatic rings. The summed E-state index contributed by atoms with van der Waals surface area (Å²) in [6, 6.07) is 100. The maximum atomic E-state index is 2.43. The molecule has 0 spiro atoms. The van der Waals surface area contributed by atoms with Crippen LogP contribution in [0.4, 0.5) is 51.2 Å². The molecule has 0 bridgehead atoms. The van der Waals surface area contributed by atoms with Crippen LogP contribution in [0.2, 0.25) is 0 Å². The SMILES string of the molecule is c1ccc(N(c2ccccc2)c2cccc(N(c3cccc(N(c4ccccc4)c4ccccc4)c3)c3ccc4c5c(-c6ccc7ccccc7c6)cccc5n(-c5ccccc5)c4c3)c2)cc1. The Balaban J connectivity index is 1.10. The molecule has 0 N–H and O–H groups in total. The van der Waals surface area contributed by atoms with E-state index in [2.05, 4.69) is 298 Å². The molecule has 322 valence electrons. The first-order valence-electron chi connectivity index (χ1n) is 23.2. The van der Waals surface area contributed by atoms with Gasteiger partial charge < -0.3 is 19.3 Å². The van der Waals surface area contributed by atoms with E-state index in [1.165, 1.54) is 32.7 Å². The van der Waals surface area contributed by atoms with E-state index < -0.39 is 0 Å². The summed E-state index contributed by atoms with van der Waals surface area (Å²) in [5.74, 6) is 0. The van der Waals surface area contributed by atoms with Crippen molar-refractivity contribution in [3.8, 4) is 16.8 Å². The summed E-state index contributed by atoms with van der Waals surface area (Å²) in [5, 5.41) is 4.88. The van der Waals surface area contributed by atoms with E-state index in [-0.39, 0.29) is 0 Å². The molecule has 0 atom stereocenters. The Hall–Kier alpha value is -9.12. The van der Waals surface area contributed by atoms with E-state index in [1.807, 2.05) is 0 Å². The van der Waals surface area contributed by atoms with Gasteiger partial charge in [0, 0.05) is 67.6 Å². The van der Waals surface area contributed by atoms with Crippen LogP contribution in [0.25, 0.3) is 49.4 Å². The molecule has 0 saturated heterocycles. The quantitative estimate of drug-likeness (QED) is 0.129. The number of para-hydroxylation sites is 5. The Morgan fingerprint density at radius 2 is 0.662 bits per heavy atom. The van der Waals surface area contributed by atoms with Crippen LogP contribution in [0.5, 0.6) is 0 Å². The monoisotopic (exact) mass is 870 g/mol. The van der Waals surface area contributed by atoms with E-state index in [1.54, 1.807) is 0 Å². The summed E-state index contributed by atoms with van der Waals surface area (Å²) in [5.41, 5.74) is 15.3. The highest BCUT2D eigenvalue weighted by Crippen LogP contribution is 2.46. The zero-order valence-corrected chi connectivity index (χ0v) is 37.3. The summed E-state index contributed by atoms with van der Waals surface area (Å²) in [6.45, 7) is 0. The van der Waals surface area contributed by atoms with Crippen molar-refractivity contribution in [3.05, 3.63) is 279 Å². The maximum Gasteiger partial charge on any atom is 0.0562 e. The van der Waals surface area contributed by atoms with Gasteiger partial charge in [0.15, 0.2) is 0 Å². The number of hydrogen-bond acceptors (Lipinski definition) is 3. The summed E-state index contributed by atoms with van der Waals surface area (Å²) < 4.78 is 2.43. The second-order valence-corrected chi connectivity index (χ2v) is 17.0. The lowest BCUT2D eigenvalue weighted by Gasteiger charge is -2.31. The molecule has 4 nitrogen and oxygen atoms in total. The predicted octanol–water partition coefficient (Wildman–Crippen LogP) is 18.0. The van der Waals surface area contributed by atoms with Crippen LogP contribution in [0.1, 0.15) is 0 Å². The van der Waals surface area contributed by atoms with Gasteiger partial charge in [0.25, 0.3) is 0 Å². The van der Waals surface area contributed by atoms with Gasteiger partial charge in [0.1, 0.15) is 0 Å². The normalized spacial score (nSPS) is 11.2. The van der Waals surface area contributed by atoms with Crippen molar-refractivity contribution in [1.82, 2.24) is 4.57 Å². The molecule has 0 radical (unpaired) electrons. The Morgan fingerprint density at radius 3 is 1.18 bits per heavy atom. The molecular weight excluding hydrogens is 825 g/mol. The van der Waals surface area contributed by atoms with Crippen LogP contribution in [0.15, 0.2) is 279 Å². The van der Waals surface area contributed by atoms with Crippen molar-refractivity contribution in [2.75, 3.05) is 14.7 Å². The first-order chi connectivity index (χ1) is 33.7. The van der Waals surface area contributed by atoms with Gasteiger partial charge in [0.05, 0.1) is 11.0 Å². The minimum Gasteiger partial charge on any atom is -0.310 e. The number of aromatic nitrogens is 1. The molecule has 0 saturated carbocycles. The third kappa shape index (κ3) is 7.50. The van der Waals surface area contributed by atoms with Crippen molar-refractivity contribution in [1.29, 1.82) is 0 Å². The highest BCUT2D eigenvalue weighted by molar-refractivity contribution is 6.17. The highest BCUT2D eigenvalue weighted by atomic mass is 15.2. The molecule has 0 aliphatic heterocycles. The van der Waals surface area contributed by atoms with E-state index in [4.69, 9.17) is 0 Å². The number of rotatable bonds is 11. The summed E-state index contributed by atoms with van der Waals surface area (Å²) >= 11 is 0. The number of benzene rings is 11. The van der Waals surface area contributed by atoms with Crippen LogP contribution in [0.3, 0.4) is 0 Å². The van der Waals surface area contributed by atoms with Crippen LogP contribution in [-0.2, 0) is 0 Å². The van der Waals surface area contributed by atoms with Gasteiger partial charge in [-0.15, -0.1) is 0 Å². The molecule has 12 aromatic rings. The van der Waals surface area contributed by atoms with Crippen molar-refractivity contribution in [2.45, 2.75) is 0 Å².